The number of carbonyl (C=O) groups is 2. The molecule has 2 N–H and O–H groups in total. The molecule has 1 saturated heterocycles. The maximum Gasteiger partial charge on any atom is 0.329 e. The van der Waals surface area contributed by atoms with Gasteiger partial charge < -0.3 is 10.4 Å². The van der Waals surface area contributed by atoms with Gasteiger partial charge in [0.1, 0.15) is 5.82 Å². The predicted molar refractivity (Wildman–Crippen MR) is 116 cm³/mol. The summed E-state index contributed by atoms with van der Waals surface area (Å²) in [7, 11) is 0. The number of nitrogens with one attached hydrogen (secondary N) is 1. The number of hydrogen-bond donors (Lipinski definition) is 2. The Bertz CT molecular complexity index is 953. The summed E-state index contributed by atoms with van der Waals surface area (Å²) in [6.45, 7) is 2.79. The SMILES string of the molecule is Cl.O=C(O)CCc1ccc(N2CCN(c3ccc4c(c3)CCNCC4)C2=O)c(F)c1. The van der Waals surface area contributed by atoms with Crippen LogP contribution in [0, 0.1) is 5.82 Å². The summed E-state index contributed by atoms with van der Waals surface area (Å²) in [6.07, 6.45) is 2.12. The monoisotopic (exact) mass is 433 g/mol. The van der Waals surface area contributed by atoms with Crippen LogP contribution in [0.4, 0.5) is 20.6 Å². The zero-order valence-corrected chi connectivity index (χ0v) is 17.4. The lowest BCUT2D eigenvalue weighted by molar-refractivity contribution is -0.136. The fraction of sp³-hybridized carbons (Fsp3) is 0.364. The standard InChI is InChI=1S/C22H24FN3O3.ClH/c23-19-13-15(2-6-21(27)28)1-5-20(19)26-12-11-25(22(26)29)18-4-3-16-7-9-24-10-8-17(16)14-18;/h1,3-5,13-14,24H,2,6-12H2,(H,27,28);1H. The van der Waals surface area contributed by atoms with E-state index in [2.05, 4.69) is 17.4 Å². The summed E-state index contributed by atoms with van der Waals surface area (Å²) < 4.78 is 14.6. The van der Waals surface area contributed by atoms with Crippen LogP contribution in [0.15, 0.2) is 36.4 Å². The molecule has 0 atom stereocenters. The number of nitrogens with zero attached hydrogens (tertiary/aromatic N) is 2. The highest BCUT2D eigenvalue weighted by molar-refractivity contribution is 6.06. The lowest BCUT2D eigenvalue weighted by Crippen LogP contribution is -2.32. The Morgan fingerprint density at radius 3 is 2.50 bits per heavy atom. The van der Waals surface area contributed by atoms with E-state index in [1.807, 2.05) is 6.07 Å². The van der Waals surface area contributed by atoms with Crippen molar-refractivity contribution in [1.82, 2.24) is 5.32 Å². The first-order chi connectivity index (χ1) is 14.0. The largest absolute Gasteiger partial charge is 0.481 e. The molecule has 0 unspecified atom stereocenters. The minimum Gasteiger partial charge on any atom is -0.481 e. The second-order valence-electron chi connectivity index (χ2n) is 7.47. The molecule has 2 amide bonds. The fourth-order valence-electron chi connectivity index (χ4n) is 4.00. The number of anilines is 2. The molecule has 0 spiro atoms. The van der Waals surface area contributed by atoms with Crippen LogP contribution in [0.2, 0.25) is 0 Å². The minimum atomic E-state index is -0.920. The molecule has 2 aromatic carbocycles. The van der Waals surface area contributed by atoms with Crippen molar-refractivity contribution in [3.8, 4) is 0 Å². The number of aryl methyl sites for hydroxylation is 1. The molecule has 0 bridgehead atoms. The van der Waals surface area contributed by atoms with Gasteiger partial charge in [0.2, 0.25) is 0 Å². The number of halogens is 2. The van der Waals surface area contributed by atoms with Gasteiger partial charge in [0.15, 0.2) is 0 Å². The van der Waals surface area contributed by atoms with Gasteiger partial charge in [-0.2, -0.15) is 0 Å². The van der Waals surface area contributed by atoms with Crippen LogP contribution in [0.5, 0.6) is 0 Å². The van der Waals surface area contributed by atoms with E-state index in [1.54, 1.807) is 17.0 Å². The third-order valence-corrected chi connectivity index (χ3v) is 5.58. The lowest BCUT2D eigenvalue weighted by Gasteiger charge is -2.20. The van der Waals surface area contributed by atoms with Crippen molar-refractivity contribution in [3.63, 3.8) is 0 Å². The zero-order valence-electron chi connectivity index (χ0n) is 16.6. The van der Waals surface area contributed by atoms with E-state index < -0.39 is 11.8 Å². The van der Waals surface area contributed by atoms with Crippen LogP contribution >= 0.6 is 12.4 Å². The van der Waals surface area contributed by atoms with Gasteiger partial charge in [0.25, 0.3) is 0 Å². The summed E-state index contributed by atoms with van der Waals surface area (Å²) in [5, 5.41) is 12.2. The highest BCUT2D eigenvalue weighted by atomic mass is 35.5. The molecule has 0 aromatic heterocycles. The number of rotatable bonds is 5. The summed E-state index contributed by atoms with van der Waals surface area (Å²) >= 11 is 0. The molecule has 8 heteroatoms. The molecule has 2 heterocycles. The number of carbonyl (C=O) groups excluding carboxylic acids is 1. The molecule has 0 aliphatic carbocycles. The Morgan fingerprint density at radius 1 is 1.03 bits per heavy atom. The molecule has 1 fully saturated rings. The van der Waals surface area contributed by atoms with Crippen LogP contribution in [0.3, 0.4) is 0 Å². The van der Waals surface area contributed by atoms with Crippen molar-refractivity contribution in [1.29, 1.82) is 0 Å². The molecule has 0 saturated carbocycles. The molecular weight excluding hydrogens is 409 g/mol. The quantitative estimate of drug-likeness (QED) is 0.758. The van der Waals surface area contributed by atoms with Crippen molar-refractivity contribution in [2.75, 3.05) is 36.0 Å². The van der Waals surface area contributed by atoms with Gasteiger partial charge >= 0.3 is 12.0 Å². The van der Waals surface area contributed by atoms with E-state index in [-0.39, 0.29) is 37.0 Å². The maximum atomic E-state index is 14.6. The van der Waals surface area contributed by atoms with Gasteiger partial charge in [-0.25, -0.2) is 9.18 Å². The van der Waals surface area contributed by atoms with Crippen LogP contribution < -0.4 is 15.1 Å². The minimum absolute atomic E-state index is 0. The second-order valence-corrected chi connectivity index (χ2v) is 7.47. The molecule has 160 valence electrons. The summed E-state index contributed by atoms with van der Waals surface area (Å²) in [6, 6.07) is 10.5. The molecule has 2 aliphatic heterocycles. The van der Waals surface area contributed by atoms with Gasteiger partial charge in [-0.1, -0.05) is 12.1 Å². The fourth-order valence-corrected chi connectivity index (χ4v) is 4.00. The average Bonchev–Trinajstić information content (AvgIpc) is 2.93. The lowest BCUT2D eigenvalue weighted by atomic mass is 10.0. The van der Waals surface area contributed by atoms with E-state index in [0.29, 0.717) is 18.7 Å². The molecule has 0 radical (unpaired) electrons. The van der Waals surface area contributed by atoms with Crippen LogP contribution in [-0.2, 0) is 24.1 Å². The van der Waals surface area contributed by atoms with E-state index in [4.69, 9.17) is 5.11 Å². The van der Waals surface area contributed by atoms with E-state index >= 15 is 0 Å². The number of fused-ring (bicyclic) bond motifs is 1. The van der Waals surface area contributed by atoms with Crippen molar-refractivity contribution < 1.29 is 19.1 Å². The molecule has 30 heavy (non-hydrogen) atoms. The Hall–Kier alpha value is -2.64. The molecule has 2 aromatic rings. The number of benzene rings is 2. The average molecular weight is 434 g/mol. The Balaban J connectivity index is 0.00000256. The number of aliphatic carboxylic acids is 1. The summed E-state index contributed by atoms with van der Waals surface area (Å²) in [4.78, 5) is 26.8. The van der Waals surface area contributed by atoms with Crippen LogP contribution in [0.1, 0.15) is 23.1 Å². The summed E-state index contributed by atoms with van der Waals surface area (Å²) in [5.74, 6) is -1.42. The maximum absolute atomic E-state index is 14.6. The molecule has 2 aliphatic rings. The second kappa shape index (κ2) is 9.45. The van der Waals surface area contributed by atoms with Gasteiger partial charge in [-0.15, -0.1) is 12.4 Å². The van der Waals surface area contributed by atoms with E-state index in [1.165, 1.54) is 22.1 Å². The van der Waals surface area contributed by atoms with Gasteiger partial charge in [0.05, 0.1) is 5.69 Å². The smallest absolute Gasteiger partial charge is 0.329 e. The van der Waals surface area contributed by atoms with Crippen LogP contribution in [-0.4, -0.2) is 43.3 Å². The van der Waals surface area contributed by atoms with Crippen molar-refractivity contribution in [2.45, 2.75) is 25.7 Å². The van der Waals surface area contributed by atoms with Gasteiger partial charge in [0, 0.05) is 25.2 Å². The van der Waals surface area contributed by atoms with Crippen molar-refractivity contribution in [3.05, 3.63) is 58.9 Å². The van der Waals surface area contributed by atoms with E-state index in [0.717, 1.165) is 31.6 Å². The van der Waals surface area contributed by atoms with Crippen LogP contribution in [0.25, 0.3) is 0 Å². The number of urea groups is 1. The van der Waals surface area contributed by atoms with E-state index in [9.17, 15) is 14.0 Å². The first-order valence-electron chi connectivity index (χ1n) is 9.95. The highest BCUT2D eigenvalue weighted by Crippen LogP contribution is 2.29. The zero-order chi connectivity index (χ0) is 20.4. The predicted octanol–water partition coefficient (Wildman–Crippen LogP) is 3.40. The third kappa shape index (κ3) is 4.57. The normalized spacial score (nSPS) is 16.1. The first kappa shape index (κ1) is 22.1. The van der Waals surface area contributed by atoms with Crippen molar-refractivity contribution in [2.24, 2.45) is 0 Å². The number of carboxylic acids is 1. The number of hydrogen-bond acceptors (Lipinski definition) is 3. The van der Waals surface area contributed by atoms with Gasteiger partial charge in [-0.05, 0) is 73.3 Å². The number of amides is 2. The Kier molecular flexibility index (Phi) is 6.95. The topological polar surface area (TPSA) is 72.9 Å². The number of carboxylic acid groups (broad SMARTS) is 1. The van der Waals surface area contributed by atoms with Crippen molar-refractivity contribution >= 4 is 35.8 Å². The molecular formula is C22H25ClFN3O3. The van der Waals surface area contributed by atoms with Gasteiger partial charge in [-0.3, -0.25) is 14.6 Å². The Morgan fingerprint density at radius 2 is 1.77 bits per heavy atom. The highest BCUT2D eigenvalue weighted by Gasteiger charge is 2.32. The summed E-state index contributed by atoms with van der Waals surface area (Å²) in [5.41, 5.74) is 4.25. The molecule has 4 rings (SSSR count). The molecule has 6 nitrogen and oxygen atoms in total. The Labute approximate surface area is 181 Å². The third-order valence-electron chi connectivity index (χ3n) is 5.58. The first-order valence-corrected chi connectivity index (χ1v) is 9.95.